The summed E-state index contributed by atoms with van der Waals surface area (Å²) in [7, 11) is 0. The van der Waals surface area contributed by atoms with Crippen LogP contribution >= 0.6 is 0 Å². The maximum absolute atomic E-state index is 13.0. The van der Waals surface area contributed by atoms with Crippen molar-refractivity contribution in [3.05, 3.63) is 35.9 Å². The minimum absolute atomic E-state index is 0.442. The minimum Gasteiger partial charge on any atom is -0.479 e. The first kappa shape index (κ1) is 11.7. The molecule has 0 heterocycles. The van der Waals surface area contributed by atoms with Crippen molar-refractivity contribution in [1.29, 1.82) is 0 Å². The second-order valence-electron chi connectivity index (χ2n) is 3.74. The molecular formula is C12H15FO2. The average Bonchev–Trinajstić information content (AvgIpc) is 2.26. The van der Waals surface area contributed by atoms with Gasteiger partial charge in [0.15, 0.2) is 6.17 Å². The summed E-state index contributed by atoms with van der Waals surface area (Å²) in [6.07, 6.45) is -0.485. The van der Waals surface area contributed by atoms with Gasteiger partial charge in [-0.15, -0.1) is 0 Å². The van der Waals surface area contributed by atoms with Gasteiger partial charge < -0.3 is 5.11 Å². The van der Waals surface area contributed by atoms with Crippen LogP contribution in [-0.2, 0) is 11.2 Å². The Morgan fingerprint density at radius 1 is 1.40 bits per heavy atom. The van der Waals surface area contributed by atoms with Gasteiger partial charge in [0, 0.05) is 0 Å². The number of carbonyl (C=O) groups is 1. The van der Waals surface area contributed by atoms with Gasteiger partial charge in [0.25, 0.3) is 0 Å². The van der Waals surface area contributed by atoms with Gasteiger partial charge in [-0.05, 0) is 24.3 Å². The van der Waals surface area contributed by atoms with Gasteiger partial charge in [0.2, 0.25) is 0 Å². The summed E-state index contributed by atoms with van der Waals surface area (Å²) in [6.45, 7) is 1.63. The molecule has 0 aromatic heterocycles. The van der Waals surface area contributed by atoms with E-state index in [1.807, 2.05) is 30.3 Å². The Kier molecular flexibility index (Phi) is 4.28. The Morgan fingerprint density at radius 2 is 2.00 bits per heavy atom. The Hall–Kier alpha value is -1.38. The van der Waals surface area contributed by atoms with E-state index >= 15 is 0 Å². The highest BCUT2D eigenvalue weighted by Crippen LogP contribution is 2.15. The molecule has 0 radical (unpaired) electrons. The lowest BCUT2D eigenvalue weighted by atomic mass is 9.97. The van der Waals surface area contributed by atoms with Crippen LogP contribution in [0.25, 0.3) is 0 Å². The number of aliphatic carboxylic acids is 1. The summed E-state index contributed by atoms with van der Waals surface area (Å²) in [4.78, 5) is 10.4. The van der Waals surface area contributed by atoms with E-state index in [1.165, 1.54) is 0 Å². The minimum atomic E-state index is -1.76. The highest BCUT2D eigenvalue weighted by Gasteiger charge is 2.23. The van der Waals surface area contributed by atoms with E-state index in [0.717, 1.165) is 12.0 Å². The quantitative estimate of drug-likeness (QED) is 0.811. The zero-order chi connectivity index (χ0) is 11.3. The molecule has 0 fully saturated rings. The third kappa shape index (κ3) is 3.70. The molecule has 0 saturated heterocycles. The molecule has 1 aromatic rings. The molecule has 82 valence electrons. The predicted octanol–water partition coefficient (Wildman–Crippen LogP) is 2.68. The molecule has 3 heteroatoms. The van der Waals surface area contributed by atoms with Crippen LogP contribution in [-0.4, -0.2) is 17.2 Å². The molecule has 2 nitrogen and oxygen atoms in total. The van der Waals surface area contributed by atoms with Gasteiger partial charge >= 0.3 is 5.97 Å². The summed E-state index contributed by atoms with van der Waals surface area (Å²) in [5.74, 6) is -1.81. The largest absolute Gasteiger partial charge is 0.479 e. The van der Waals surface area contributed by atoms with Crippen molar-refractivity contribution in [2.75, 3.05) is 0 Å². The van der Waals surface area contributed by atoms with Crippen molar-refractivity contribution in [3.8, 4) is 0 Å². The van der Waals surface area contributed by atoms with Gasteiger partial charge in [-0.1, -0.05) is 37.3 Å². The number of aryl methyl sites for hydroxylation is 1. The lowest BCUT2D eigenvalue weighted by Crippen LogP contribution is -2.23. The van der Waals surface area contributed by atoms with Crippen LogP contribution in [0, 0.1) is 5.92 Å². The second-order valence-corrected chi connectivity index (χ2v) is 3.74. The fourth-order valence-corrected chi connectivity index (χ4v) is 1.43. The van der Waals surface area contributed by atoms with Crippen LogP contribution in [0.1, 0.15) is 18.9 Å². The van der Waals surface area contributed by atoms with E-state index in [0.29, 0.717) is 6.42 Å². The molecule has 0 spiro atoms. The molecule has 1 aromatic carbocycles. The Morgan fingerprint density at radius 3 is 2.53 bits per heavy atom. The lowest BCUT2D eigenvalue weighted by Gasteiger charge is -2.12. The number of alkyl halides is 1. The van der Waals surface area contributed by atoms with Crippen molar-refractivity contribution >= 4 is 5.97 Å². The van der Waals surface area contributed by atoms with Crippen LogP contribution in [0.2, 0.25) is 0 Å². The van der Waals surface area contributed by atoms with Crippen molar-refractivity contribution in [2.24, 2.45) is 5.92 Å². The van der Waals surface area contributed by atoms with E-state index in [9.17, 15) is 9.18 Å². The average molecular weight is 210 g/mol. The van der Waals surface area contributed by atoms with Gasteiger partial charge in [0.1, 0.15) is 0 Å². The molecule has 0 aliphatic carbocycles. The summed E-state index contributed by atoms with van der Waals surface area (Å²) in [5.41, 5.74) is 1.11. The van der Waals surface area contributed by atoms with E-state index in [-0.39, 0.29) is 0 Å². The molecule has 0 bridgehead atoms. The van der Waals surface area contributed by atoms with Crippen LogP contribution < -0.4 is 0 Å². The SMILES string of the molecule is CC(CCc1ccccc1)C(F)C(=O)O. The van der Waals surface area contributed by atoms with Crippen LogP contribution in [0.3, 0.4) is 0 Å². The van der Waals surface area contributed by atoms with Crippen LogP contribution in [0.5, 0.6) is 0 Å². The highest BCUT2D eigenvalue weighted by molar-refractivity contribution is 5.72. The summed E-state index contributed by atoms with van der Waals surface area (Å²) >= 11 is 0. The molecule has 0 saturated carbocycles. The summed E-state index contributed by atoms with van der Waals surface area (Å²) in [5, 5.41) is 8.47. The Balaban J connectivity index is 2.41. The number of benzene rings is 1. The number of carboxylic acids is 1. The molecule has 0 amide bonds. The number of rotatable bonds is 5. The molecular weight excluding hydrogens is 195 g/mol. The smallest absolute Gasteiger partial charge is 0.338 e. The van der Waals surface area contributed by atoms with E-state index in [2.05, 4.69) is 0 Å². The normalized spacial score (nSPS) is 14.5. The molecule has 2 unspecified atom stereocenters. The zero-order valence-corrected chi connectivity index (χ0v) is 8.69. The fourth-order valence-electron chi connectivity index (χ4n) is 1.43. The third-order valence-corrected chi connectivity index (χ3v) is 2.47. The summed E-state index contributed by atoms with van der Waals surface area (Å²) < 4.78 is 13.0. The summed E-state index contributed by atoms with van der Waals surface area (Å²) in [6, 6.07) is 9.68. The first-order chi connectivity index (χ1) is 7.11. The molecule has 0 aliphatic rings. The molecule has 1 N–H and O–H groups in total. The zero-order valence-electron chi connectivity index (χ0n) is 8.69. The van der Waals surface area contributed by atoms with Crippen molar-refractivity contribution in [3.63, 3.8) is 0 Å². The van der Waals surface area contributed by atoms with Gasteiger partial charge in [0.05, 0.1) is 0 Å². The monoisotopic (exact) mass is 210 g/mol. The number of halogens is 1. The van der Waals surface area contributed by atoms with E-state index in [4.69, 9.17) is 5.11 Å². The number of hydrogen-bond donors (Lipinski definition) is 1. The van der Waals surface area contributed by atoms with Crippen molar-refractivity contribution in [2.45, 2.75) is 25.9 Å². The topological polar surface area (TPSA) is 37.3 Å². The maximum atomic E-state index is 13.0. The predicted molar refractivity (Wildman–Crippen MR) is 56.5 cm³/mol. The molecule has 1 rings (SSSR count). The Bertz CT molecular complexity index is 311. The fraction of sp³-hybridized carbons (Fsp3) is 0.417. The Labute approximate surface area is 88.7 Å². The third-order valence-electron chi connectivity index (χ3n) is 2.47. The van der Waals surface area contributed by atoms with Crippen molar-refractivity contribution in [1.82, 2.24) is 0 Å². The molecule has 15 heavy (non-hydrogen) atoms. The van der Waals surface area contributed by atoms with Gasteiger partial charge in [-0.2, -0.15) is 0 Å². The van der Waals surface area contributed by atoms with Gasteiger partial charge in [-0.25, -0.2) is 9.18 Å². The standard InChI is InChI=1S/C12H15FO2/c1-9(11(13)12(14)15)7-8-10-5-3-2-4-6-10/h2-6,9,11H,7-8H2,1H3,(H,14,15). The van der Waals surface area contributed by atoms with Crippen molar-refractivity contribution < 1.29 is 14.3 Å². The second kappa shape index (κ2) is 5.49. The number of hydrogen-bond acceptors (Lipinski definition) is 1. The first-order valence-corrected chi connectivity index (χ1v) is 5.02. The highest BCUT2D eigenvalue weighted by atomic mass is 19.1. The molecule has 2 atom stereocenters. The van der Waals surface area contributed by atoms with E-state index < -0.39 is 18.1 Å². The number of carboxylic acid groups (broad SMARTS) is 1. The molecule has 0 aliphatic heterocycles. The van der Waals surface area contributed by atoms with E-state index in [1.54, 1.807) is 6.92 Å². The first-order valence-electron chi connectivity index (χ1n) is 5.02. The van der Waals surface area contributed by atoms with Crippen LogP contribution in [0.4, 0.5) is 4.39 Å². The lowest BCUT2D eigenvalue weighted by molar-refractivity contribution is -0.144. The maximum Gasteiger partial charge on any atom is 0.338 e. The van der Waals surface area contributed by atoms with Crippen LogP contribution in [0.15, 0.2) is 30.3 Å². The van der Waals surface area contributed by atoms with Gasteiger partial charge in [-0.3, -0.25) is 0 Å².